The van der Waals surface area contributed by atoms with E-state index in [9.17, 15) is 27.1 Å². The molecule has 7 heteroatoms. The first-order valence-corrected chi connectivity index (χ1v) is 6.08. The van der Waals surface area contributed by atoms with Crippen molar-refractivity contribution in [2.24, 2.45) is 0 Å². The summed E-state index contributed by atoms with van der Waals surface area (Å²) in [5.41, 5.74) is -2.35. The highest BCUT2D eigenvalue weighted by molar-refractivity contribution is 6.31. The van der Waals surface area contributed by atoms with Crippen LogP contribution in [-0.2, 0) is 6.18 Å². The maximum atomic E-state index is 13.9. The number of aliphatic hydroxyl groups excluding tert-OH is 1. The van der Waals surface area contributed by atoms with Gasteiger partial charge in [-0.05, 0) is 24.3 Å². The number of benzene rings is 2. The Morgan fingerprint density at radius 1 is 1.00 bits per heavy atom. The molecule has 0 aliphatic rings. The lowest BCUT2D eigenvalue weighted by Gasteiger charge is -2.17. The monoisotopic (exact) mass is 322 g/mol. The van der Waals surface area contributed by atoms with E-state index >= 15 is 0 Å². The van der Waals surface area contributed by atoms with E-state index in [0.29, 0.717) is 6.07 Å². The number of halogens is 6. The van der Waals surface area contributed by atoms with E-state index in [0.717, 1.165) is 30.3 Å². The Balaban J connectivity index is 2.54. The fourth-order valence-electron chi connectivity index (χ4n) is 1.87. The average molecular weight is 323 g/mol. The highest BCUT2D eigenvalue weighted by atomic mass is 35.5. The van der Waals surface area contributed by atoms with Crippen molar-refractivity contribution >= 4 is 11.6 Å². The van der Waals surface area contributed by atoms with Gasteiger partial charge in [-0.25, -0.2) is 8.78 Å². The summed E-state index contributed by atoms with van der Waals surface area (Å²) in [5.74, 6) is -2.36. The summed E-state index contributed by atoms with van der Waals surface area (Å²) in [6.07, 6.45) is -6.71. The van der Waals surface area contributed by atoms with Gasteiger partial charge in [-0.15, -0.1) is 0 Å². The lowest BCUT2D eigenvalue weighted by atomic mass is 9.98. The molecule has 0 saturated heterocycles. The van der Waals surface area contributed by atoms with Crippen LogP contribution in [-0.4, -0.2) is 5.11 Å². The Morgan fingerprint density at radius 3 is 2.29 bits per heavy atom. The normalized spacial score (nSPS) is 13.3. The van der Waals surface area contributed by atoms with Gasteiger partial charge in [0.25, 0.3) is 0 Å². The van der Waals surface area contributed by atoms with E-state index in [-0.39, 0.29) is 10.6 Å². The van der Waals surface area contributed by atoms with Gasteiger partial charge in [0.15, 0.2) is 0 Å². The van der Waals surface area contributed by atoms with Crippen LogP contribution in [0.25, 0.3) is 0 Å². The second-order valence-corrected chi connectivity index (χ2v) is 4.68. The Bertz CT molecular complexity index is 669. The summed E-state index contributed by atoms with van der Waals surface area (Å²) < 4.78 is 65.0. The molecule has 2 aromatic rings. The van der Waals surface area contributed by atoms with Crippen LogP contribution in [0.2, 0.25) is 5.02 Å². The molecular weight excluding hydrogens is 315 g/mol. The Hall–Kier alpha value is -1.66. The van der Waals surface area contributed by atoms with Crippen molar-refractivity contribution < 1.29 is 27.1 Å². The van der Waals surface area contributed by atoms with Crippen molar-refractivity contribution in [1.29, 1.82) is 0 Å². The molecule has 0 amide bonds. The molecule has 2 aromatic carbocycles. The molecule has 2 rings (SSSR count). The third-order valence-corrected chi connectivity index (χ3v) is 3.23. The summed E-state index contributed by atoms with van der Waals surface area (Å²) in [6.45, 7) is 0. The summed E-state index contributed by atoms with van der Waals surface area (Å²) in [6, 6.07) is 5.47. The molecule has 1 N–H and O–H groups in total. The maximum absolute atomic E-state index is 13.9. The number of alkyl halides is 3. The molecule has 0 aliphatic heterocycles. The van der Waals surface area contributed by atoms with Gasteiger partial charge in [0.2, 0.25) is 0 Å². The molecule has 0 spiro atoms. The molecule has 0 bridgehead atoms. The molecule has 0 saturated carbocycles. The molecule has 1 atom stereocenters. The van der Waals surface area contributed by atoms with E-state index in [4.69, 9.17) is 11.6 Å². The lowest BCUT2D eigenvalue weighted by Crippen LogP contribution is -2.12. The lowest BCUT2D eigenvalue weighted by molar-refractivity contribution is -0.140. The van der Waals surface area contributed by atoms with Gasteiger partial charge in [-0.1, -0.05) is 23.7 Å². The molecule has 112 valence electrons. The van der Waals surface area contributed by atoms with Crippen molar-refractivity contribution in [2.45, 2.75) is 12.3 Å². The van der Waals surface area contributed by atoms with E-state index in [1.165, 1.54) is 0 Å². The van der Waals surface area contributed by atoms with Crippen LogP contribution in [0.4, 0.5) is 22.0 Å². The first-order valence-electron chi connectivity index (χ1n) is 5.70. The molecule has 21 heavy (non-hydrogen) atoms. The summed E-state index contributed by atoms with van der Waals surface area (Å²) in [5, 5.41) is 9.93. The molecule has 0 aliphatic carbocycles. The van der Waals surface area contributed by atoms with Crippen molar-refractivity contribution in [1.82, 2.24) is 0 Å². The van der Waals surface area contributed by atoms with Gasteiger partial charge in [-0.2, -0.15) is 13.2 Å². The SMILES string of the molecule is OC(c1cc(F)ccc1Cl)c1cccc(C(F)(F)F)c1F. The third-order valence-electron chi connectivity index (χ3n) is 2.88. The van der Waals surface area contributed by atoms with Crippen LogP contribution >= 0.6 is 11.6 Å². The molecule has 0 aromatic heterocycles. The molecule has 0 radical (unpaired) electrons. The van der Waals surface area contributed by atoms with Crippen LogP contribution < -0.4 is 0 Å². The van der Waals surface area contributed by atoms with E-state index in [1.807, 2.05) is 0 Å². The predicted octanol–water partition coefficient (Wildman–Crippen LogP) is 4.72. The van der Waals surface area contributed by atoms with Gasteiger partial charge < -0.3 is 5.11 Å². The average Bonchev–Trinajstić information content (AvgIpc) is 2.39. The van der Waals surface area contributed by atoms with Gasteiger partial charge in [0.05, 0.1) is 5.56 Å². The highest BCUT2D eigenvalue weighted by Crippen LogP contribution is 2.36. The molecule has 1 nitrogen and oxygen atoms in total. The van der Waals surface area contributed by atoms with Crippen LogP contribution in [0, 0.1) is 11.6 Å². The van der Waals surface area contributed by atoms with Crippen LogP contribution in [0.3, 0.4) is 0 Å². The largest absolute Gasteiger partial charge is 0.419 e. The Morgan fingerprint density at radius 2 is 1.67 bits per heavy atom. The summed E-state index contributed by atoms with van der Waals surface area (Å²) >= 11 is 5.75. The van der Waals surface area contributed by atoms with E-state index in [2.05, 4.69) is 0 Å². The van der Waals surface area contributed by atoms with Crippen molar-refractivity contribution in [3.63, 3.8) is 0 Å². The van der Waals surface area contributed by atoms with Gasteiger partial charge in [0.1, 0.15) is 17.7 Å². The Kier molecular flexibility index (Phi) is 4.20. The van der Waals surface area contributed by atoms with Crippen molar-refractivity contribution in [2.75, 3.05) is 0 Å². The van der Waals surface area contributed by atoms with E-state index in [1.54, 1.807) is 0 Å². The van der Waals surface area contributed by atoms with Crippen LogP contribution in [0.15, 0.2) is 36.4 Å². The minimum Gasteiger partial charge on any atom is -0.383 e. The van der Waals surface area contributed by atoms with Crippen LogP contribution in [0.1, 0.15) is 22.8 Å². The zero-order chi connectivity index (χ0) is 15.8. The zero-order valence-corrected chi connectivity index (χ0v) is 11.0. The Labute approximate surface area is 121 Å². The van der Waals surface area contributed by atoms with Gasteiger partial charge in [-0.3, -0.25) is 0 Å². The summed E-state index contributed by atoms with van der Waals surface area (Å²) in [7, 11) is 0. The fraction of sp³-hybridized carbons (Fsp3) is 0.143. The highest BCUT2D eigenvalue weighted by Gasteiger charge is 2.36. The minimum absolute atomic E-state index is 0.0827. The zero-order valence-electron chi connectivity index (χ0n) is 10.3. The second kappa shape index (κ2) is 5.61. The third kappa shape index (κ3) is 3.16. The molecule has 0 fully saturated rings. The number of aliphatic hydroxyl groups is 1. The smallest absolute Gasteiger partial charge is 0.383 e. The van der Waals surface area contributed by atoms with Crippen LogP contribution in [0.5, 0.6) is 0 Å². The van der Waals surface area contributed by atoms with Crippen molar-refractivity contribution in [3.05, 3.63) is 69.7 Å². The fourth-order valence-corrected chi connectivity index (χ4v) is 2.09. The van der Waals surface area contributed by atoms with Gasteiger partial charge >= 0.3 is 6.18 Å². The standard InChI is InChI=1S/C14H8ClF5O/c15-11-5-4-7(16)6-9(11)13(21)8-2-1-3-10(12(8)17)14(18,19)20/h1-6,13,21H. The first kappa shape index (κ1) is 15.7. The topological polar surface area (TPSA) is 20.2 Å². The van der Waals surface area contributed by atoms with Crippen molar-refractivity contribution in [3.8, 4) is 0 Å². The number of hydrogen-bond acceptors (Lipinski definition) is 1. The maximum Gasteiger partial charge on any atom is 0.419 e. The minimum atomic E-state index is -4.90. The molecule has 0 heterocycles. The molecule has 1 unspecified atom stereocenters. The number of hydrogen-bond donors (Lipinski definition) is 1. The van der Waals surface area contributed by atoms with Gasteiger partial charge in [0, 0.05) is 16.1 Å². The second-order valence-electron chi connectivity index (χ2n) is 4.27. The predicted molar refractivity (Wildman–Crippen MR) is 66.9 cm³/mol. The summed E-state index contributed by atoms with van der Waals surface area (Å²) in [4.78, 5) is 0. The molecular formula is C14H8ClF5O. The quantitative estimate of drug-likeness (QED) is 0.793. The first-order chi connectivity index (χ1) is 9.71. The number of rotatable bonds is 2. The van der Waals surface area contributed by atoms with E-state index < -0.39 is 35.0 Å².